The van der Waals surface area contributed by atoms with Crippen LogP contribution in [0.1, 0.15) is 18.5 Å². The number of aliphatic hydroxyl groups excluding tert-OH is 2. The lowest BCUT2D eigenvalue weighted by Gasteiger charge is -2.21. The van der Waals surface area contributed by atoms with Gasteiger partial charge in [0.15, 0.2) is 0 Å². The number of nitrogens with two attached hydrogens (primary N) is 2. The molecule has 0 aliphatic heterocycles. The van der Waals surface area contributed by atoms with Crippen molar-refractivity contribution >= 4 is 45.2 Å². The lowest BCUT2D eigenvalue weighted by Crippen LogP contribution is -2.30. The fourth-order valence-electron chi connectivity index (χ4n) is 4.51. The molecule has 4 aromatic rings. The van der Waals surface area contributed by atoms with Gasteiger partial charge in [0.05, 0.1) is 22.0 Å². The average molecular weight is 451 g/mol. The number of halogens is 1. The molecule has 5 rings (SSSR count). The molecule has 0 saturated carbocycles. The van der Waals surface area contributed by atoms with E-state index >= 15 is 0 Å². The van der Waals surface area contributed by atoms with Crippen molar-refractivity contribution < 1.29 is 10.2 Å². The van der Waals surface area contributed by atoms with Crippen molar-refractivity contribution in [1.82, 2.24) is 19.5 Å². The topological polar surface area (TPSA) is 136 Å². The second-order valence-corrected chi connectivity index (χ2v) is 8.71. The maximum absolute atomic E-state index is 10.8. The zero-order chi connectivity index (χ0) is 22.6. The van der Waals surface area contributed by atoms with Gasteiger partial charge in [-0.05, 0) is 41.7 Å². The van der Waals surface area contributed by atoms with Crippen molar-refractivity contribution in [3.8, 4) is 0 Å². The van der Waals surface area contributed by atoms with Crippen LogP contribution >= 0.6 is 11.6 Å². The van der Waals surface area contributed by atoms with E-state index in [1.807, 2.05) is 48.0 Å². The minimum absolute atomic E-state index is 0.00623. The molecule has 0 fully saturated rings. The van der Waals surface area contributed by atoms with Gasteiger partial charge in [-0.15, -0.1) is 0 Å². The summed E-state index contributed by atoms with van der Waals surface area (Å²) in [5, 5.41) is 23.7. The number of benzene rings is 1. The molecule has 0 amide bonds. The Balaban J connectivity index is 1.44. The van der Waals surface area contributed by atoms with Gasteiger partial charge in [-0.25, -0.2) is 15.0 Å². The van der Waals surface area contributed by atoms with Crippen LogP contribution in [0.25, 0.3) is 21.9 Å². The zero-order valence-corrected chi connectivity index (χ0v) is 18.1. The molecule has 6 N–H and O–H groups in total. The fraction of sp³-hybridized carbons (Fsp3) is 0.261. The molecule has 1 aliphatic carbocycles. The SMILES string of the molecule is CC(Cc1ccc2cc(Cl)c(N)nc2c1)C1=CC(n2ccc3c(N)ncnc32)[C@@H](O)C1O. The molecule has 164 valence electrons. The minimum atomic E-state index is -0.987. The number of anilines is 2. The fourth-order valence-corrected chi connectivity index (χ4v) is 4.67. The summed E-state index contributed by atoms with van der Waals surface area (Å²) in [7, 11) is 0. The second-order valence-electron chi connectivity index (χ2n) is 8.30. The van der Waals surface area contributed by atoms with Crippen molar-refractivity contribution in [2.75, 3.05) is 11.5 Å². The van der Waals surface area contributed by atoms with Gasteiger partial charge in [-0.1, -0.05) is 36.7 Å². The quantitative estimate of drug-likeness (QED) is 0.351. The molecule has 1 aliphatic rings. The summed E-state index contributed by atoms with van der Waals surface area (Å²) in [5.41, 5.74) is 15.0. The smallest absolute Gasteiger partial charge is 0.146 e. The number of hydrogen-bond donors (Lipinski definition) is 4. The van der Waals surface area contributed by atoms with Crippen LogP contribution in [0.2, 0.25) is 5.02 Å². The van der Waals surface area contributed by atoms with E-state index in [9.17, 15) is 10.2 Å². The molecule has 8 nitrogen and oxygen atoms in total. The first-order valence-electron chi connectivity index (χ1n) is 10.3. The predicted octanol–water partition coefficient (Wildman–Crippen LogP) is 2.88. The van der Waals surface area contributed by atoms with Crippen LogP contribution in [-0.2, 0) is 6.42 Å². The van der Waals surface area contributed by atoms with Crippen molar-refractivity contribution in [1.29, 1.82) is 0 Å². The molecule has 9 heteroatoms. The maximum atomic E-state index is 10.8. The van der Waals surface area contributed by atoms with E-state index in [4.69, 9.17) is 23.1 Å². The van der Waals surface area contributed by atoms with Gasteiger partial charge in [-0.2, -0.15) is 0 Å². The monoisotopic (exact) mass is 450 g/mol. The first kappa shape index (κ1) is 20.7. The molecule has 3 unspecified atom stereocenters. The number of nitrogen functional groups attached to an aromatic ring is 2. The Bertz CT molecular complexity index is 1370. The van der Waals surface area contributed by atoms with E-state index in [2.05, 4.69) is 15.0 Å². The first-order valence-corrected chi connectivity index (χ1v) is 10.7. The van der Waals surface area contributed by atoms with Gasteiger partial charge in [0, 0.05) is 11.6 Å². The summed E-state index contributed by atoms with van der Waals surface area (Å²) in [6, 6.07) is 9.13. The first-order chi connectivity index (χ1) is 15.3. The molecule has 4 atom stereocenters. The van der Waals surface area contributed by atoms with E-state index in [1.165, 1.54) is 6.33 Å². The van der Waals surface area contributed by atoms with Crippen LogP contribution in [0.15, 0.2) is 54.5 Å². The van der Waals surface area contributed by atoms with E-state index in [-0.39, 0.29) is 5.92 Å². The van der Waals surface area contributed by atoms with Crippen LogP contribution in [0.4, 0.5) is 11.6 Å². The highest BCUT2D eigenvalue weighted by atomic mass is 35.5. The van der Waals surface area contributed by atoms with Gasteiger partial charge in [-0.3, -0.25) is 0 Å². The Morgan fingerprint density at radius 1 is 1.12 bits per heavy atom. The van der Waals surface area contributed by atoms with E-state index in [0.717, 1.165) is 22.0 Å². The summed E-state index contributed by atoms with van der Waals surface area (Å²) in [5.74, 6) is 0.673. The van der Waals surface area contributed by atoms with Gasteiger partial charge in [0.1, 0.15) is 35.8 Å². The van der Waals surface area contributed by atoms with Crippen LogP contribution in [0.3, 0.4) is 0 Å². The summed E-state index contributed by atoms with van der Waals surface area (Å²) >= 11 is 6.07. The molecular weight excluding hydrogens is 428 g/mol. The normalized spacial score (nSPS) is 21.9. The van der Waals surface area contributed by atoms with E-state index in [1.54, 1.807) is 6.07 Å². The third kappa shape index (κ3) is 3.37. The van der Waals surface area contributed by atoms with Crippen molar-refractivity contribution in [3.05, 3.63) is 65.1 Å². The molecule has 0 saturated heterocycles. The molecule has 0 spiro atoms. The average Bonchev–Trinajstić information content (AvgIpc) is 3.31. The number of pyridine rings is 1. The minimum Gasteiger partial charge on any atom is -0.388 e. The van der Waals surface area contributed by atoms with Gasteiger partial charge in [0.25, 0.3) is 0 Å². The van der Waals surface area contributed by atoms with Crippen molar-refractivity contribution in [3.63, 3.8) is 0 Å². The molecule has 32 heavy (non-hydrogen) atoms. The Kier molecular flexibility index (Phi) is 5.00. The summed E-state index contributed by atoms with van der Waals surface area (Å²) in [6.45, 7) is 2.03. The molecule has 3 aromatic heterocycles. The molecule has 0 radical (unpaired) electrons. The van der Waals surface area contributed by atoms with Crippen LogP contribution in [-0.4, -0.2) is 41.9 Å². The van der Waals surface area contributed by atoms with Crippen molar-refractivity contribution in [2.24, 2.45) is 5.92 Å². The summed E-state index contributed by atoms with van der Waals surface area (Å²) in [4.78, 5) is 12.7. The Hall–Kier alpha value is -3.20. The third-order valence-corrected chi connectivity index (χ3v) is 6.52. The predicted molar refractivity (Wildman–Crippen MR) is 125 cm³/mol. The summed E-state index contributed by atoms with van der Waals surface area (Å²) in [6.07, 6.45) is 3.84. The van der Waals surface area contributed by atoms with Crippen LogP contribution in [0, 0.1) is 5.92 Å². The van der Waals surface area contributed by atoms with E-state index in [0.29, 0.717) is 34.1 Å². The van der Waals surface area contributed by atoms with Crippen LogP contribution in [0.5, 0.6) is 0 Å². The second kappa shape index (κ2) is 7.74. The number of aromatic nitrogens is 4. The van der Waals surface area contributed by atoms with E-state index < -0.39 is 18.2 Å². The van der Waals surface area contributed by atoms with Gasteiger partial charge < -0.3 is 26.2 Å². The molecule has 1 aromatic carbocycles. The number of hydrogen-bond acceptors (Lipinski definition) is 7. The molecule has 0 bridgehead atoms. The number of fused-ring (bicyclic) bond motifs is 2. The largest absolute Gasteiger partial charge is 0.388 e. The lowest BCUT2D eigenvalue weighted by molar-refractivity contribution is 0.0293. The Morgan fingerprint density at radius 2 is 1.94 bits per heavy atom. The maximum Gasteiger partial charge on any atom is 0.146 e. The standard InChI is InChI=1S/C23H23ClN6O2/c1-11(6-12-2-3-13-8-16(24)22(26)29-17(13)7-12)15-9-18(20(32)19(15)31)30-5-4-14-21(25)27-10-28-23(14)30/h2-5,7-11,18-20,31-32H,6H2,1H3,(H2,26,29)(H2,25,27,28)/t11?,18?,19?,20-/m1/s1. The van der Waals surface area contributed by atoms with Gasteiger partial charge >= 0.3 is 0 Å². The van der Waals surface area contributed by atoms with Crippen LogP contribution < -0.4 is 11.5 Å². The molecular formula is C23H23ClN6O2. The zero-order valence-electron chi connectivity index (χ0n) is 17.4. The highest BCUT2D eigenvalue weighted by Crippen LogP contribution is 2.37. The number of rotatable bonds is 4. The number of nitrogens with zero attached hydrogens (tertiary/aromatic N) is 4. The van der Waals surface area contributed by atoms with Gasteiger partial charge in [0.2, 0.25) is 0 Å². The Labute approximate surface area is 189 Å². The highest BCUT2D eigenvalue weighted by Gasteiger charge is 2.38. The molecule has 3 heterocycles. The third-order valence-electron chi connectivity index (χ3n) is 6.21. The highest BCUT2D eigenvalue weighted by molar-refractivity contribution is 6.33. The Morgan fingerprint density at radius 3 is 2.75 bits per heavy atom. The van der Waals surface area contributed by atoms with Crippen molar-refractivity contribution in [2.45, 2.75) is 31.6 Å². The summed E-state index contributed by atoms with van der Waals surface area (Å²) < 4.78 is 1.83. The lowest BCUT2D eigenvalue weighted by atomic mass is 9.91. The number of aliphatic hydroxyl groups is 2.